The van der Waals surface area contributed by atoms with Gasteiger partial charge in [0.15, 0.2) is 0 Å². The fourth-order valence-corrected chi connectivity index (χ4v) is 3.62. The molecule has 1 N–H and O–H groups in total. The minimum atomic E-state index is -0.202. The SMILES string of the molecule is COc1ccc(C(=O)N(C)[C@@H](c2ccccc2)c2c[nH]c3ccccc23)cc1. The van der Waals surface area contributed by atoms with Crippen LogP contribution < -0.4 is 4.74 Å². The summed E-state index contributed by atoms with van der Waals surface area (Å²) < 4.78 is 5.20. The molecule has 0 unspecified atom stereocenters. The van der Waals surface area contributed by atoms with Crippen molar-refractivity contribution >= 4 is 16.8 Å². The first-order valence-corrected chi connectivity index (χ1v) is 9.21. The van der Waals surface area contributed by atoms with Gasteiger partial charge >= 0.3 is 0 Å². The highest BCUT2D eigenvalue weighted by Gasteiger charge is 2.26. The third kappa shape index (κ3) is 3.25. The van der Waals surface area contributed by atoms with Crippen molar-refractivity contribution in [2.45, 2.75) is 6.04 Å². The second-order valence-corrected chi connectivity index (χ2v) is 6.75. The largest absolute Gasteiger partial charge is 0.497 e. The molecule has 4 rings (SSSR count). The van der Waals surface area contributed by atoms with Crippen LogP contribution in [0.5, 0.6) is 5.75 Å². The molecule has 1 amide bonds. The molecule has 0 spiro atoms. The number of carbonyl (C=O) groups excluding carboxylic acids is 1. The van der Waals surface area contributed by atoms with Crippen LogP contribution in [0.3, 0.4) is 0 Å². The Bertz CT molecular complexity index is 1080. The van der Waals surface area contributed by atoms with Crippen LogP contribution in [0.4, 0.5) is 0 Å². The van der Waals surface area contributed by atoms with Crippen molar-refractivity contribution in [3.05, 3.63) is 102 Å². The number of nitrogens with one attached hydrogen (secondary N) is 1. The van der Waals surface area contributed by atoms with E-state index in [0.717, 1.165) is 27.8 Å². The van der Waals surface area contributed by atoms with E-state index in [0.29, 0.717) is 5.56 Å². The molecule has 140 valence electrons. The monoisotopic (exact) mass is 370 g/mol. The zero-order chi connectivity index (χ0) is 19.5. The molecule has 0 saturated carbocycles. The van der Waals surface area contributed by atoms with Crippen LogP contribution in [0.2, 0.25) is 0 Å². The molecule has 4 heteroatoms. The van der Waals surface area contributed by atoms with Gasteiger partial charge in [-0.25, -0.2) is 0 Å². The number of aromatic amines is 1. The van der Waals surface area contributed by atoms with Gasteiger partial charge in [0.1, 0.15) is 5.75 Å². The molecule has 0 fully saturated rings. The Morgan fingerprint density at radius 1 is 0.929 bits per heavy atom. The number of H-pyrrole nitrogens is 1. The first-order chi connectivity index (χ1) is 13.7. The lowest BCUT2D eigenvalue weighted by Gasteiger charge is -2.29. The van der Waals surface area contributed by atoms with Gasteiger partial charge in [-0.1, -0.05) is 48.5 Å². The van der Waals surface area contributed by atoms with Crippen molar-refractivity contribution in [1.29, 1.82) is 0 Å². The van der Waals surface area contributed by atoms with Crippen LogP contribution in [0.15, 0.2) is 85.1 Å². The summed E-state index contributed by atoms with van der Waals surface area (Å²) in [6.07, 6.45) is 2.00. The molecule has 0 aliphatic rings. The predicted octanol–water partition coefficient (Wildman–Crippen LogP) is 5.04. The van der Waals surface area contributed by atoms with E-state index in [4.69, 9.17) is 4.74 Å². The first kappa shape index (κ1) is 17.9. The van der Waals surface area contributed by atoms with Crippen LogP contribution in [-0.4, -0.2) is 29.9 Å². The molecule has 1 atom stereocenters. The average molecular weight is 370 g/mol. The maximum absolute atomic E-state index is 13.3. The fraction of sp³-hybridized carbons (Fsp3) is 0.125. The van der Waals surface area contributed by atoms with Gasteiger partial charge in [0.2, 0.25) is 0 Å². The lowest BCUT2D eigenvalue weighted by Crippen LogP contribution is -2.31. The topological polar surface area (TPSA) is 45.3 Å². The van der Waals surface area contributed by atoms with Gasteiger partial charge in [-0.15, -0.1) is 0 Å². The van der Waals surface area contributed by atoms with E-state index in [-0.39, 0.29) is 11.9 Å². The molecule has 1 heterocycles. The Balaban J connectivity index is 1.78. The highest BCUT2D eigenvalue weighted by Crippen LogP contribution is 2.33. The average Bonchev–Trinajstić information content (AvgIpc) is 3.18. The number of nitrogens with zero attached hydrogens (tertiary/aromatic N) is 1. The maximum Gasteiger partial charge on any atom is 0.254 e. The molecule has 0 aliphatic heterocycles. The number of amides is 1. The number of methoxy groups -OCH3 is 1. The molecule has 0 radical (unpaired) electrons. The molecule has 4 nitrogen and oxygen atoms in total. The Labute approximate surface area is 164 Å². The highest BCUT2D eigenvalue weighted by molar-refractivity contribution is 5.95. The Kier molecular flexibility index (Phi) is 4.85. The minimum Gasteiger partial charge on any atom is -0.497 e. The number of hydrogen-bond donors (Lipinski definition) is 1. The van der Waals surface area contributed by atoms with E-state index in [9.17, 15) is 4.79 Å². The molecule has 28 heavy (non-hydrogen) atoms. The van der Waals surface area contributed by atoms with Crippen molar-refractivity contribution in [1.82, 2.24) is 9.88 Å². The predicted molar refractivity (Wildman–Crippen MR) is 112 cm³/mol. The molecule has 0 aliphatic carbocycles. The lowest BCUT2D eigenvalue weighted by atomic mass is 9.96. The summed E-state index contributed by atoms with van der Waals surface area (Å²) in [7, 11) is 3.47. The van der Waals surface area contributed by atoms with Crippen LogP contribution in [0.25, 0.3) is 10.9 Å². The number of hydrogen-bond acceptors (Lipinski definition) is 2. The third-order valence-corrected chi connectivity index (χ3v) is 5.08. The second-order valence-electron chi connectivity index (χ2n) is 6.75. The highest BCUT2D eigenvalue weighted by atomic mass is 16.5. The molecular weight excluding hydrogens is 348 g/mol. The van der Waals surface area contributed by atoms with Crippen molar-refractivity contribution < 1.29 is 9.53 Å². The normalized spacial score (nSPS) is 11.9. The molecule has 0 saturated heterocycles. The number of para-hydroxylation sites is 1. The van der Waals surface area contributed by atoms with E-state index < -0.39 is 0 Å². The van der Waals surface area contributed by atoms with E-state index in [1.165, 1.54) is 0 Å². The zero-order valence-electron chi connectivity index (χ0n) is 15.9. The number of benzene rings is 3. The molecule has 1 aromatic heterocycles. The van der Waals surface area contributed by atoms with Gasteiger partial charge in [0, 0.05) is 35.3 Å². The van der Waals surface area contributed by atoms with Gasteiger partial charge < -0.3 is 14.6 Å². The number of fused-ring (bicyclic) bond motifs is 1. The maximum atomic E-state index is 13.3. The quantitative estimate of drug-likeness (QED) is 0.535. The Morgan fingerprint density at radius 3 is 2.32 bits per heavy atom. The van der Waals surface area contributed by atoms with Crippen molar-refractivity contribution in [3.63, 3.8) is 0 Å². The standard InChI is InChI=1S/C24H22N2O2/c1-26(24(27)18-12-14-19(28-2)15-13-18)23(17-8-4-3-5-9-17)21-16-25-22-11-7-6-10-20(21)22/h3-16,23,25H,1-2H3/t23-/m0/s1. The molecule has 0 bridgehead atoms. The summed E-state index contributed by atoms with van der Waals surface area (Å²) in [4.78, 5) is 18.4. The zero-order valence-corrected chi connectivity index (χ0v) is 15.9. The number of rotatable bonds is 5. The second kappa shape index (κ2) is 7.61. The number of ether oxygens (including phenoxy) is 1. The summed E-state index contributed by atoms with van der Waals surface area (Å²) in [5.74, 6) is 0.692. The van der Waals surface area contributed by atoms with Crippen molar-refractivity contribution in [2.24, 2.45) is 0 Å². The Morgan fingerprint density at radius 2 is 1.61 bits per heavy atom. The van der Waals surface area contributed by atoms with E-state index in [2.05, 4.69) is 23.2 Å². The number of carbonyl (C=O) groups is 1. The summed E-state index contributed by atoms with van der Waals surface area (Å²) in [6.45, 7) is 0. The van der Waals surface area contributed by atoms with E-state index in [1.807, 2.05) is 61.8 Å². The lowest BCUT2D eigenvalue weighted by molar-refractivity contribution is 0.0756. The van der Waals surface area contributed by atoms with Crippen LogP contribution in [-0.2, 0) is 0 Å². The number of aromatic nitrogens is 1. The summed E-state index contributed by atoms with van der Waals surface area (Å²) in [5.41, 5.74) is 3.83. The molecular formula is C24H22N2O2. The molecule has 3 aromatic carbocycles. The summed E-state index contributed by atoms with van der Waals surface area (Å²) in [6, 6.07) is 25.3. The summed E-state index contributed by atoms with van der Waals surface area (Å²) in [5, 5.41) is 1.12. The minimum absolute atomic E-state index is 0.0400. The van der Waals surface area contributed by atoms with Gasteiger partial charge in [0.05, 0.1) is 13.2 Å². The molecule has 4 aromatic rings. The summed E-state index contributed by atoms with van der Waals surface area (Å²) >= 11 is 0. The van der Waals surface area contributed by atoms with Crippen LogP contribution in [0, 0.1) is 0 Å². The van der Waals surface area contributed by atoms with Crippen LogP contribution in [0.1, 0.15) is 27.5 Å². The van der Waals surface area contributed by atoms with E-state index >= 15 is 0 Å². The fourth-order valence-electron chi connectivity index (χ4n) is 3.62. The van der Waals surface area contributed by atoms with Gasteiger partial charge in [0.25, 0.3) is 5.91 Å². The van der Waals surface area contributed by atoms with Gasteiger partial charge in [-0.3, -0.25) is 4.79 Å². The first-order valence-electron chi connectivity index (χ1n) is 9.21. The van der Waals surface area contributed by atoms with Gasteiger partial charge in [-0.2, -0.15) is 0 Å². The Hall–Kier alpha value is -3.53. The van der Waals surface area contributed by atoms with Crippen molar-refractivity contribution in [2.75, 3.05) is 14.2 Å². The van der Waals surface area contributed by atoms with Crippen molar-refractivity contribution in [3.8, 4) is 5.75 Å². The van der Waals surface area contributed by atoms with E-state index in [1.54, 1.807) is 24.1 Å². The van der Waals surface area contributed by atoms with Gasteiger partial charge in [-0.05, 0) is 35.9 Å². The van der Waals surface area contributed by atoms with Crippen LogP contribution >= 0.6 is 0 Å². The smallest absolute Gasteiger partial charge is 0.254 e. The third-order valence-electron chi connectivity index (χ3n) is 5.08.